The van der Waals surface area contributed by atoms with Gasteiger partial charge < -0.3 is 11.1 Å². The summed E-state index contributed by atoms with van der Waals surface area (Å²) in [7, 11) is 0. The first kappa shape index (κ1) is 19.5. The lowest BCUT2D eigenvalue weighted by molar-refractivity contribution is 0.545. The Balaban J connectivity index is 2.97. The molecule has 0 amide bonds. The van der Waals surface area contributed by atoms with Gasteiger partial charge >= 0.3 is 0 Å². The van der Waals surface area contributed by atoms with Gasteiger partial charge in [0.15, 0.2) is 0 Å². The van der Waals surface area contributed by atoms with Crippen molar-refractivity contribution >= 4 is 0 Å². The van der Waals surface area contributed by atoms with Crippen LogP contribution >= 0.6 is 0 Å². The van der Waals surface area contributed by atoms with E-state index in [1.54, 1.807) is 0 Å². The normalized spacial score (nSPS) is 11.3. The van der Waals surface area contributed by atoms with Crippen LogP contribution in [0.1, 0.15) is 90.4 Å². The minimum Gasteiger partial charge on any atom is -0.390 e. The zero-order valence-electron chi connectivity index (χ0n) is 13.8. The Morgan fingerprint density at radius 1 is 0.750 bits per heavy atom. The van der Waals surface area contributed by atoms with Gasteiger partial charge in [0.1, 0.15) is 0 Å². The Kier molecular flexibility index (Phi) is 18.0. The minimum atomic E-state index is 0.711. The lowest BCUT2D eigenvalue weighted by atomic mass is 10.0. The molecule has 2 heteroatoms. The lowest BCUT2D eigenvalue weighted by Crippen LogP contribution is -2.16. The molecule has 0 radical (unpaired) electrons. The monoisotopic (exact) mass is 282 g/mol. The number of allylic oxidation sites excluding steroid dienone is 1. The van der Waals surface area contributed by atoms with Crippen LogP contribution in [0.5, 0.6) is 0 Å². The molecule has 0 unspecified atom stereocenters. The molecule has 0 fully saturated rings. The molecule has 0 aliphatic carbocycles. The summed E-state index contributed by atoms with van der Waals surface area (Å²) < 4.78 is 0. The predicted molar refractivity (Wildman–Crippen MR) is 91.9 cm³/mol. The fourth-order valence-electron chi connectivity index (χ4n) is 2.44. The highest BCUT2D eigenvalue weighted by molar-refractivity contribution is 4.79. The summed E-state index contributed by atoms with van der Waals surface area (Å²) in [6.07, 6.45) is 22.6. The van der Waals surface area contributed by atoms with Crippen molar-refractivity contribution < 1.29 is 0 Å². The van der Waals surface area contributed by atoms with Gasteiger partial charge in [-0.1, -0.05) is 83.6 Å². The number of hydrogen-bond acceptors (Lipinski definition) is 2. The molecular formula is C18H38N2. The Morgan fingerprint density at radius 2 is 1.25 bits per heavy atom. The zero-order chi connectivity index (χ0) is 14.7. The lowest BCUT2D eigenvalue weighted by Gasteiger charge is -2.02. The van der Waals surface area contributed by atoms with Crippen molar-refractivity contribution in [3.63, 3.8) is 0 Å². The largest absolute Gasteiger partial charge is 0.390 e. The van der Waals surface area contributed by atoms with E-state index in [0.29, 0.717) is 6.54 Å². The number of hydrogen-bond donors (Lipinski definition) is 2. The topological polar surface area (TPSA) is 38.0 Å². The molecule has 0 rings (SSSR count). The van der Waals surface area contributed by atoms with Gasteiger partial charge in [0, 0.05) is 13.1 Å². The molecule has 20 heavy (non-hydrogen) atoms. The van der Waals surface area contributed by atoms with Gasteiger partial charge in [-0.15, -0.1) is 0 Å². The molecule has 0 aliphatic rings. The molecule has 120 valence electrons. The highest BCUT2D eigenvalue weighted by Gasteiger charge is 1.92. The van der Waals surface area contributed by atoms with Crippen LogP contribution in [-0.4, -0.2) is 13.1 Å². The van der Waals surface area contributed by atoms with Gasteiger partial charge in [-0.05, 0) is 19.0 Å². The van der Waals surface area contributed by atoms with Crippen molar-refractivity contribution in [1.82, 2.24) is 5.32 Å². The van der Waals surface area contributed by atoms with E-state index < -0.39 is 0 Å². The van der Waals surface area contributed by atoms with E-state index in [0.717, 1.165) is 6.54 Å². The third-order valence-corrected chi connectivity index (χ3v) is 3.75. The first-order valence-corrected chi connectivity index (χ1v) is 9.00. The minimum absolute atomic E-state index is 0.711. The first-order valence-electron chi connectivity index (χ1n) is 9.00. The molecule has 0 spiro atoms. The summed E-state index contributed by atoms with van der Waals surface area (Å²) in [5.74, 6) is 0. The second kappa shape index (κ2) is 18.5. The van der Waals surface area contributed by atoms with Crippen molar-refractivity contribution in [3.05, 3.63) is 12.3 Å². The molecule has 0 aromatic carbocycles. The van der Waals surface area contributed by atoms with E-state index in [4.69, 9.17) is 5.73 Å². The predicted octanol–water partition coefficient (Wildman–Crippen LogP) is 5.14. The Bertz CT molecular complexity index is 190. The maximum atomic E-state index is 5.39. The van der Waals surface area contributed by atoms with E-state index in [1.165, 1.54) is 83.5 Å². The second-order valence-electron chi connectivity index (χ2n) is 5.82. The van der Waals surface area contributed by atoms with Crippen molar-refractivity contribution in [2.75, 3.05) is 13.1 Å². The summed E-state index contributed by atoms with van der Waals surface area (Å²) in [5, 5.41) is 3.17. The van der Waals surface area contributed by atoms with E-state index in [2.05, 4.69) is 18.3 Å². The number of nitrogens with one attached hydrogen (secondary N) is 1. The SMILES string of the molecule is CCCCCCCCCCCCCC/C=C/NCCN. The summed E-state index contributed by atoms with van der Waals surface area (Å²) in [4.78, 5) is 0. The van der Waals surface area contributed by atoms with Crippen LogP contribution in [-0.2, 0) is 0 Å². The molecular weight excluding hydrogens is 244 g/mol. The van der Waals surface area contributed by atoms with Gasteiger partial charge in [0.2, 0.25) is 0 Å². The summed E-state index contributed by atoms with van der Waals surface area (Å²) in [5.41, 5.74) is 5.39. The standard InChI is InChI=1S/C18H38N2/c1-2-3-4-5-6-7-8-9-10-11-12-13-14-15-17-20-18-16-19/h15,17,20H,2-14,16,18-19H2,1H3/b17-15+. The molecule has 0 saturated carbocycles. The van der Waals surface area contributed by atoms with Crippen LogP contribution in [0.2, 0.25) is 0 Å². The fraction of sp³-hybridized carbons (Fsp3) is 0.889. The van der Waals surface area contributed by atoms with Crippen molar-refractivity contribution in [2.24, 2.45) is 5.73 Å². The van der Waals surface area contributed by atoms with Crippen molar-refractivity contribution in [1.29, 1.82) is 0 Å². The van der Waals surface area contributed by atoms with Gasteiger partial charge in [-0.2, -0.15) is 0 Å². The Hall–Kier alpha value is -0.500. The molecule has 0 heterocycles. The van der Waals surface area contributed by atoms with Crippen LogP contribution in [0, 0.1) is 0 Å². The van der Waals surface area contributed by atoms with Crippen LogP contribution < -0.4 is 11.1 Å². The molecule has 0 aliphatic heterocycles. The van der Waals surface area contributed by atoms with Crippen molar-refractivity contribution in [2.45, 2.75) is 90.4 Å². The number of nitrogens with two attached hydrogens (primary N) is 1. The number of rotatable bonds is 16. The van der Waals surface area contributed by atoms with Crippen molar-refractivity contribution in [3.8, 4) is 0 Å². The quantitative estimate of drug-likeness (QED) is 0.385. The van der Waals surface area contributed by atoms with Crippen LogP contribution in [0.4, 0.5) is 0 Å². The molecule has 0 bridgehead atoms. The van der Waals surface area contributed by atoms with Gasteiger partial charge in [-0.3, -0.25) is 0 Å². The van der Waals surface area contributed by atoms with Gasteiger partial charge in [0.05, 0.1) is 0 Å². The Labute approximate surface area is 127 Å². The van der Waals surface area contributed by atoms with Crippen LogP contribution in [0.3, 0.4) is 0 Å². The number of unbranched alkanes of at least 4 members (excludes halogenated alkanes) is 12. The highest BCUT2D eigenvalue weighted by atomic mass is 14.8. The Morgan fingerprint density at radius 3 is 1.75 bits per heavy atom. The third kappa shape index (κ3) is 17.5. The molecule has 0 atom stereocenters. The molecule has 0 saturated heterocycles. The fourth-order valence-corrected chi connectivity index (χ4v) is 2.44. The van der Waals surface area contributed by atoms with Crippen LogP contribution in [0.25, 0.3) is 0 Å². The molecule has 0 aromatic rings. The van der Waals surface area contributed by atoms with Gasteiger partial charge in [-0.25, -0.2) is 0 Å². The third-order valence-electron chi connectivity index (χ3n) is 3.75. The van der Waals surface area contributed by atoms with E-state index in [1.807, 2.05) is 6.20 Å². The summed E-state index contributed by atoms with van der Waals surface area (Å²) in [6, 6.07) is 0. The second-order valence-corrected chi connectivity index (χ2v) is 5.82. The van der Waals surface area contributed by atoms with E-state index in [-0.39, 0.29) is 0 Å². The highest BCUT2D eigenvalue weighted by Crippen LogP contribution is 2.12. The van der Waals surface area contributed by atoms with Crippen LogP contribution in [0.15, 0.2) is 12.3 Å². The smallest absolute Gasteiger partial charge is 0.0264 e. The maximum absolute atomic E-state index is 5.39. The zero-order valence-corrected chi connectivity index (χ0v) is 13.8. The van der Waals surface area contributed by atoms with E-state index >= 15 is 0 Å². The van der Waals surface area contributed by atoms with Gasteiger partial charge in [0.25, 0.3) is 0 Å². The van der Waals surface area contributed by atoms with E-state index in [9.17, 15) is 0 Å². The summed E-state index contributed by atoms with van der Waals surface area (Å²) in [6.45, 7) is 3.88. The average molecular weight is 283 g/mol. The first-order chi connectivity index (χ1) is 9.91. The molecule has 0 aromatic heterocycles. The molecule has 3 N–H and O–H groups in total. The summed E-state index contributed by atoms with van der Waals surface area (Å²) >= 11 is 0. The molecule has 2 nitrogen and oxygen atoms in total. The maximum Gasteiger partial charge on any atom is 0.0264 e. The average Bonchev–Trinajstić information content (AvgIpc) is 2.47.